The number of rotatable bonds is 4. The number of amides is 1. The minimum Gasteiger partial charge on any atom is -0.325 e. The van der Waals surface area contributed by atoms with Crippen molar-refractivity contribution in [1.82, 2.24) is 4.98 Å². The fourth-order valence-electron chi connectivity index (χ4n) is 2.19. The van der Waals surface area contributed by atoms with E-state index in [2.05, 4.69) is 10.3 Å². The number of aryl methyl sites for hydroxylation is 1. The highest BCUT2D eigenvalue weighted by atomic mass is 32.1. The Morgan fingerprint density at radius 2 is 1.91 bits per heavy atom. The number of para-hydroxylation sites is 1. The molecule has 116 valence electrons. The quantitative estimate of drug-likeness (QED) is 0.770. The third-order valence-electron chi connectivity index (χ3n) is 3.42. The maximum absolute atomic E-state index is 12.9. The van der Waals surface area contributed by atoms with E-state index >= 15 is 0 Å². The summed E-state index contributed by atoms with van der Waals surface area (Å²) in [7, 11) is 0. The molecule has 1 heterocycles. The molecule has 3 rings (SSSR count). The highest BCUT2D eigenvalue weighted by Gasteiger charge is 2.10. The zero-order valence-corrected chi connectivity index (χ0v) is 13.4. The van der Waals surface area contributed by atoms with Gasteiger partial charge in [-0.15, -0.1) is 11.3 Å². The van der Waals surface area contributed by atoms with Crippen LogP contribution in [-0.4, -0.2) is 10.9 Å². The summed E-state index contributed by atoms with van der Waals surface area (Å²) in [6.45, 7) is 1.95. The molecule has 3 nitrogen and oxygen atoms in total. The van der Waals surface area contributed by atoms with Crippen LogP contribution in [0.25, 0.3) is 11.3 Å². The highest BCUT2D eigenvalue weighted by molar-refractivity contribution is 7.10. The van der Waals surface area contributed by atoms with Crippen molar-refractivity contribution in [3.05, 3.63) is 70.3 Å². The molecule has 0 unspecified atom stereocenters. The van der Waals surface area contributed by atoms with Gasteiger partial charge in [-0.3, -0.25) is 4.79 Å². The van der Waals surface area contributed by atoms with Crippen LogP contribution in [0.3, 0.4) is 0 Å². The number of aromatic nitrogens is 1. The Morgan fingerprint density at radius 1 is 1.17 bits per heavy atom. The smallest absolute Gasteiger partial charge is 0.231 e. The van der Waals surface area contributed by atoms with Crippen LogP contribution in [-0.2, 0) is 11.2 Å². The van der Waals surface area contributed by atoms with Crippen LogP contribution in [0.1, 0.15) is 10.6 Å². The van der Waals surface area contributed by atoms with Crippen molar-refractivity contribution >= 4 is 22.9 Å². The minimum absolute atomic E-state index is 0.0979. The van der Waals surface area contributed by atoms with E-state index in [9.17, 15) is 9.18 Å². The van der Waals surface area contributed by atoms with Crippen LogP contribution < -0.4 is 5.32 Å². The molecular formula is C18H15FN2OS. The molecule has 0 radical (unpaired) electrons. The number of halogens is 1. The predicted octanol–water partition coefficient (Wildman–Crippen LogP) is 4.44. The molecule has 3 aromatic rings. The largest absolute Gasteiger partial charge is 0.325 e. The van der Waals surface area contributed by atoms with Gasteiger partial charge in [0.15, 0.2) is 0 Å². The molecule has 0 atom stereocenters. The molecule has 1 N–H and O–H groups in total. The van der Waals surface area contributed by atoms with Crippen molar-refractivity contribution in [2.45, 2.75) is 13.3 Å². The Labute approximate surface area is 137 Å². The number of thiazole rings is 1. The van der Waals surface area contributed by atoms with Crippen molar-refractivity contribution in [3.63, 3.8) is 0 Å². The molecule has 1 amide bonds. The zero-order chi connectivity index (χ0) is 16.2. The topological polar surface area (TPSA) is 42.0 Å². The summed E-state index contributed by atoms with van der Waals surface area (Å²) in [6, 6.07) is 13.8. The third kappa shape index (κ3) is 3.81. The lowest BCUT2D eigenvalue weighted by molar-refractivity contribution is -0.115. The minimum atomic E-state index is -0.276. The van der Waals surface area contributed by atoms with Crippen molar-refractivity contribution in [1.29, 1.82) is 0 Å². The second-order valence-corrected chi connectivity index (χ2v) is 6.12. The lowest BCUT2D eigenvalue weighted by Gasteiger charge is -2.06. The molecule has 0 saturated heterocycles. The molecule has 0 fully saturated rings. The Bertz CT molecular complexity index is 827. The predicted molar refractivity (Wildman–Crippen MR) is 91.0 cm³/mol. The first-order valence-corrected chi connectivity index (χ1v) is 8.05. The van der Waals surface area contributed by atoms with Gasteiger partial charge in [0.05, 0.1) is 12.1 Å². The molecule has 5 heteroatoms. The molecule has 0 aliphatic heterocycles. The first kappa shape index (κ1) is 15.4. The number of nitrogens with one attached hydrogen (secondary N) is 1. The van der Waals surface area contributed by atoms with E-state index in [-0.39, 0.29) is 18.1 Å². The van der Waals surface area contributed by atoms with Crippen LogP contribution >= 0.6 is 11.3 Å². The SMILES string of the molecule is Cc1ccccc1NC(=O)Cc1nc(-c2ccc(F)cc2)cs1. The number of hydrogen-bond acceptors (Lipinski definition) is 3. The fourth-order valence-corrected chi connectivity index (χ4v) is 2.99. The van der Waals surface area contributed by atoms with Crippen molar-refractivity contribution in [3.8, 4) is 11.3 Å². The fraction of sp³-hybridized carbons (Fsp3) is 0.111. The molecule has 0 spiro atoms. The van der Waals surface area contributed by atoms with Crippen molar-refractivity contribution < 1.29 is 9.18 Å². The summed E-state index contributed by atoms with van der Waals surface area (Å²) in [5, 5.41) is 5.50. The van der Waals surface area contributed by atoms with E-state index in [1.165, 1.54) is 23.5 Å². The van der Waals surface area contributed by atoms with Crippen LogP contribution in [0.5, 0.6) is 0 Å². The summed E-state index contributed by atoms with van der Waals surface area (Å²) in [6.07, 6.45) is 0.222. The molecule has 23 heavy (non-hydrogen) atoms. The molecule has 0 aliphatic carbocycles. The van der Waals surface area contributed by atoms with Crippen LogP contribution in [0, 0.1) is 12.7 Å². The third-order valence-corrected chi connectivity index (χ3v) is 4.27. The number of carbonyl (C=O) groups is 1. The van der Waals surface area contributed by atoms with E-state index in [0.29, 0.717) is 0 Å². The van der Waals surface area contributed by atoms with Crippen LogP contribution in [0.2, 0.25) is 0 Å². The van der Waals surface area contributed by atoms with E-state index in [1.54, 1.807) is 12.1 Å². The molecule has 0 saturated carbocycles. The average molecular weight is 326 g/mol. The van der Waals surface area contributed by atoms with E-state index in [4.69, 9.17) is 0 Å². The van der Waals surface area contributed by atoms with E-state index in [0.717, 1.165) is 27.5 Å². The normalized spacial score (nSPS) is 10.5. The number of nitrogens with zero attached hydrogens (tertiary/aromatic N) is 1. The van der Waals surface area contributed by atoms with Crippen LogP contribution in [0.4, 0.5) is 10.1 Å². The summed E-state index contributed by atoms with van der Waals surface area (Å²) < 4.78 is 12.9. The second-order valence-electron chi connectivity index (χ2n) is 5.17. The summed E-state index contributed by atoms with van der Waals surface area (Å²) in [4.78, 5) is 16.6. The Hall–Kier alpha value is -2.53. The van der Waals surface area contributed by atoms with Gasteiger partial charge < -0.3 is 5.32 Å². The van der Waals surface area contributed by atoms with Crippen molar-refractivity contribution in [2.75, 3.05) is 5.32 Å². The number of anilines is 1. The van der Waals surface area contributed by atoms with E-state index < -0.39 is 0 Å². The molecule has 0 aliphatic rings. The first-order valence-electron chi connectivity index (χ1n) is 7.17. The summed E-state index contributed by atoms with van der Waals surface area (Å²) >= 11 is 1.43. The average Bonchev–Trinajstić information content (AvgIpc) is 2.98. The van der Waals surface area contributed by atoms with Gasteiger partial charge in [-0.05, 0) is 42.8 Å². The summed E-state index contributed by atoms with van der Waals surface area (Å²) in [5.74, 6) is -0.374. The maximum atomic E-state index is 12.9. The number of hydrogen-bond donors (Lipinski definition) is 1. The first-order chi connectivity index (χ1) is 11.1. The molecular weight excluding hydrogens is 311 g/mol. The van der Waals surface area contributed by atoms with Gasteiger partial charge in [0.1, 0.15) is 10.8 Å². The lowest BCUT2D eigenvalue weighted by Crippen LogP contribution is -2.14. The van der Waals surface area contributed by atoms with Gasteiger partial charge in [0, 0.05) is 16.6 Å². The Balaban J connectivity index is 1.68. The molecule has 1 aromatic heterocycles. The van der Waals surface area contributed by atoms with Gasteiger partial charge >= 0.3 is 0 Å². The maximum Gasteiger partial charge on any atom is 0.231 e. The van der Waals surface area contributed by atoms with Gasteiger partial charge in [-0.25, -0.2) is 9.37 Å². The van der Waals surface area contributed by atoms with Crippen molar-refractivity contribution in [2.24, 2.45) is 0 Å². The van der Waals surface area contributed by atoms with E-state index in [1.807, 2.05) is 36.6 Å². The van der Waals surface area contributed by atoms with Gasteiger partial charge in [-0.1, -0.05) is 18.2 Å². The Kier molecular flexibility index (Phi) is 4.48. The van der Waals surface area contributed by atoms with Gasteiger partial charge in [0.25, 0.3) is 0 Å². The zero-order valence-electron chi connectivity index (χ0n) is 12.5. The number of carbonyl (C=O) groups excluding carboxylic acids is 1. The highest BCUT2D eigenvalue weighted by Crippen LogP contribution is 2.23. The lowest BCUT2D eigenvalue weighted by atomic mass is 10.2. The second kappa shape index (κ2) is 6.71. The molecule has 2 aromatic carbocycles. The van der Waals surface area contributed by atoms with Gasteiger partial charge in [-0.2, -0.15) is 0 Å². The Morgan fingerprint density at radius 3 is 2.65 bits per heavy atom. The number of benzene rings is 2. The standard InChI is InChI=1S/C18H15FN2OS/c1-12-4-2-3-5-15(12)20-17(22)10-18-21-16(11-23-18)13-6-8-14(19)9-7-13/h2-9,11H,10H2,1H3,(H,20,22). The van der Waals surface area contributed by atoms with Gasteiger partial charge in [0.2, 0.25) is 5.91 Å². The monoisotopic (exact) mass is 326 g/mol. The van der Waals surface area contributed by atoms with Crippen LogP contribution in [0.15, 0.2) is 53.9 Å². The summed E-state index contributed by atoms with van der Waals surface area (Å²) in [5.41, 5.74) is 3.43. The molecule has 0 bridgehead atoms.